The van der Waals surface area contributed by atoms with Crippen molar-refractivity contribution in [2.75, 3.05) is 13.6 Å². The van der Waals surface area contributed by atoms with E-state index in [1.807, 2.05) is 18.2 Å². The second kappa shape index (κ2) is 10.6. The van der Waals surface area contributed by atoms with Crippen molar-refractivity contribution in [1.82, 2.24) is 10.6 Å². The minimum Gasteiger partial charge on any atom is -0.356 e. The van der Waals surface area contributed by atoms with Gasteiger partial charge in [-0.25, -0.2) is 0 Å². The van der Waals surface area contributed by atoms with E-state index >= 15 is 0 Å². The smallest absolute Gasteiger partial charge is 0.269 e. The summed E-state index contributed by atoms with van der Waals surface area (Å²) in [4.78, 5) is 14.4. The van der Waals surface area contributed by atoms with E-state index in [4.69, 9.17) is 0 Å². The third-order valence-electron chi connectivity index (χ3n) is 3.38. The fourth-order valence-electron chi connectivity index (χ4n) is 2.11. The van der Waals surface area contributed by atoms with Crippen LogP contribution in [0.15, 0.2) is 59.6 Å². The van der Waals surface area contributed by atoms with Gasteiger partial charge in [0.1, 0.15) is 0 Å². The lowest BCUT2D eigenvalue weighted by atomic mass is 10.1. The van der Waals surface area contributed by atoms with Crippen LogP contribution in [-0.2, 0) is 13.0 Å². The van der Waals surface area contributed by atoms with E-state index in [9.17, 15) is 10.1 Å². The van der Waals surface area contributed by atoms with E-state index in [1.165, 1.54) is 17.7 Å². The molecule has 128 valence electrons. The van der Waals surface area contributed by atoms with Gasteiger partial charge < -0.3 is 10.6 Å². The highest BCUT2D eigenvalue weighted by Gasteiger charge is 2.04. The van der Waals surface area contributed by atoms with Gasteiger partial charge in [0.15, 0.2) is 5.96 Å². The maximum atomic E-state index is 10.6. The van der Waals surface area contributed by atoms with Crippen LogP contribution in [0.3, 0.4) is 0 Å². The molecular formula is C17H21IN4O2. The van der Waals surface area contributed by atoms with Crippen LogP contribution in [0.4, 0.5) is 5.69 Å². The van der Waals surface area contributed by atoms with Crippen molar-refractivity contribution < 1.29 is 4.92 Å². The summed E-state index contributed by atoms with van der Waals surface area (Å²) in [6.45, 7) is 1.34. The number of hydrogen-bond donors (Lipinski definition) is 2. The summed E-state index contributed by atoms with van der Waals surface area (Å²) in [6, 6.07) is 16.7. The van der Waals surface area contributed by atoms with Crippen LogP contribution in [0.5, 0.6) is 0 Å². The van der Waals surface area contributed by atoms with Crippen LogP contribution in [-0.4, -0.2) is 24.5 Å². The van der Waals surface area contributed by atoms with E-state index in [-0.39, 0.29) is 29.7 Å². The molecule has 6 nitrogen and oxygen atoms in total. The Labute approximate surface area is 158 Å². The molecule has 0 fully saturated rings. The summed E-state index contributed by atoms with van der Waals surface area (Å²) in [5.74, 6) is 0.708. The number of nitrogens with one attached hydrogen (secondary N) is 2. The number of benzene rings is 2. The number of rotatable bonds is 6. The number of guanidine groups is 1. The Morgan fingerprint density at radius 1 is 1.04 bits per heavy atom. The van der Waals surface area contributed by atoms with Crippen molar-refractivity contribution >= 4 is 35.6 Å². The number of nitrogens with zero attached hydrogens (tertiary/aromatic N) is 2. The summed E-state index contributed by atoms with van der Waals surface area (Å²) >= 11 is 0. The largest absolute Gasteiger partial charge is 0.356 e. The Hall–Kier alpha value is -2.16. The topological polar surface area (TPSA) is 79.6 Å². The Morgan fingerprint density at radius 2 is 1.71 bits per heavy atom. The molecule has 0 aliphatic heterocycles. The van der Waals surface area contributed by atoms with Crippen LogP contribution in [0.1, 0.15) is 11.1 Å². The van der Waals surface area contributed by atoms with E-state index in [0.717, 1.165) is 18.5 Å². The van der Waals surface area contributed by atoms with Gasteiger partial charge in [-0.3, -0.25) is 15.1 Å². The van der Waals surface area contributed by atoms with Gasteiger partial charge in [0.05, 0.1) is 4.92 Å². The van der Waals surface area contributed by atoms with Gasteiger partial charge in [-0.05, 0) is 17.5 Å². The monoisotopic (exact) mass is 440 g/mol. The number of nitro benzene ring substituents is 1. The molecule has 0 heterocycles. The number of halogens is 1. The summed E-state index contributed by atoms with van der Waals surface area (Å²) in [5.41, 5.74) is 2.33. The molecule has 2 aromatic rings. The maximum Gasteiger partial charge on any atom is 0.269 e. The van der Waals surface area contributed by atoms with Gasteiger partial charge in [-0.1, -0.05) is 42.5 Å². The van der Waals surface area contributed by atoms with Gasteiger partial charge in [-0.15, -0.1) is 24.0 Å². The second-order valence-corrected chi connectivity index (χ2v) is 5.01. The van der Waals surface area contributed by atoms with Crippen LogP contribution in [0.25, 0.3) is 0 Å². The Kier molecular flexibility index (Phi) is 8.77. The third-order valence-corrected chi connectivity index (χ3v) is 3.38. The minimum atomic E-state index is -0.402. The van der Waals surface area contributed by atoms with E-state index in [1.54, 1.807) is 19.2 Å². The van der Waals surface area contributed by atoms with Gasteiger partial charge in [0.25, 0.3) is 5.69 Å². The number of aliphatic imine (C=N–C) groups is 1. The first-order valence-corrected chi connectivity index (χ1v) is 7.41. The highest BCUT2D eigenvalue weighted by Crippen LogP contribution is 2.11. The van der Waals surface area contributed by atoms with E-state index in [2.05, 4.69) is 27.8 Å². The fourth-order valence-corrected chi connectivity index (χ4v) is 2.11. The lowest BCUT2D eigenvalue weighted by molar-refractivity contribution is -0.384. The zero-order valence-corrected chi connectivity index (χ0v) is 15.8. The van der Waals surface area contributed by atoms with Crippen molar-refractivity contribution in [3.05, 3.63) is 75.8 Å². The standard InChI is InChI=1S/C17H20N4O2.HI/c1-18-17(19-12-11-14-5-3-2-4-6-14)20-13-15-7-9-16(10-8-15)21(22)23;/h2-10H,11-13H2,1H3,(H2,18,19,20);1H. The second-order valence-electron chi connectivity index (χ2n) is 5.01. The summed E-state index contributed by atoms with van der Waals surface area (Å²) in [7, 11) is 1.72. The molecule has 2 rings (SSSR count). The highest BCUT2D eigenvalue weighted by atomic mass is 127. The number of non-ortho nitro benzene ring substituents is 1. The lowest BCUT2D eigenvalue weighted by Gasteiger charge is -2.12. The molecule has 0 saturated carbocycles. The highest BCUT2D eigenvalue weighted by molar-refractivity contribution is 14.0. The third kappa shape index (κ3) is 6.53. The molecule has 24 heavy (non-hydrogen) atoms. The first-order valence-electron chi connectivity index (χ1n) is 7.41. The molecule has 7 heteroatoms. The average molecular weight is 440 g/mol. The molecular weight excluding hydrogens is 419 g/mol. The predicted octanol–water partition coefficient (Wildman–Crippen LogP) is 3.12. The molecule has 0 aliphatic carbocycles. The van der Waals surface area contributed by atoms with Crippen molar-refractivity contribution in [3.8, 4) is 0 Å². The fraction of sp³-hybridized carbons (Fsp3) is 0.235. The normalized spacial score (nSPS) is 10.6. The van der Waals surface area contributed by atoms with Crippen molar-refractivity contribution in [3.63, 3.8) is 0 Å². The van der Waals surface area contributed by atoms with Crippen LogP contribution in [0.2, 0.25) is 0 Å². The number of nitro groups is 1. The minimum absolute atomic E-state index is 0. The Bertz CT molecular complexity index is 660. The molecule has 0 aromatic heterocycles. The maximum absolute atomic E-state index is 10.6. The lowest BCUT2D eigenvalue weighted by Crippen LogP contribution is -2.37. The summed E-state index contributed by atoms with van der Waals surface area (Å²) in [5, 5.41) is 17.1. The van der Waals surface area contributed by atoms with Crippen LogP contribution >= 0.6 is 24.0 Å². The molecule has 0 aliphatic rings. The SMILES string of the molecule is CN=C(NCCc1ccccc1)NCc1ccc([N+](=O)[O-])cc1.I. The Balaban J connectivity index is 0.00000288. The quantitative estimate of drug-likeness (QED) is 0.238. The molecule has 0 saturated heterocycles. The predicted molar refractivity (Wildman–Crippen MR) is 107 cm³/mol. The van der Waals surface area contributed by atoms with Crippen LogP contribution < -0.4 is 10.6 Å². The van der Waals surface area contributed by atoms with E-state index in [0.29, 0.717) is 12.5 Å². The van der Waals surface area contributed by atoms with Gasteiger partial charge >= 0.3 is 0 Å². The molecule has 0 spiro atoms. The molecule has 0 radical (unpaired) electrons. The zero-order chi connectivity index (χ0) is 16.5. The number of hydrogen-bond acceptors (Lipinski definition) is 3. The molecule has 0 bridgehead atoms. The molecule has 0 atom stereocenters. The molecule has 2 N–H and O–H groups in total. The van der Waals surface area contributed by atoms with Crippen molar-refractivity contribution in [2.45, 2.75) is 13.0 Å². The first kappa shape index (κ1) is 19.9. The summed E-state index contributed by atoms with van der Waals surface area (Å²) < 4.78 is 0. The van der Waals surface area contributed by atoms with Crippen molar-refractivity contribution in [1.29, 1.82) is 0 Å². The Morgan fingerprint density at radius 3 is 2.29 bits per heavy atom. The molecule has 2 aromatic carbocycles. The van der Waals surface area contributed by atoms with Crippen molar-refractivity contribution in [2.24, 2.45) is 4.99 Å². The van der Waals surface area contributed by atoms with Gasteiger partial charge in [-0.2, -0.15) is 0 Å². The van der Waals surface area contributed by atoms with Crippen LogP contribution in [0, 0.1) is 10.1 Å². The summed E-state index contributed by atoms with van der Waals surface area (Å²) in [6.07, 6.45) is 0.916. The molecule has 0 amide bonds. The van der Waals surface area contributed by atoms with Gasteiger partial charge in [0.2, 0.25) is 0 Å². The molecule has 0 unspecified atom stereocenters. The van der Waals surface area contributed by atoms with E-state index < -0.39 is 4.92 Å². The zero-order valence-electron chi connectivity index (χ0n) is 13.4. The first-order chi connectivity index (χ1) is 11.2. The van der Waals surface area contributed by atoms with Gasteiger partial charge in [0, 0.05) is 32.3 Å². The average Bonchev–Trinajstić information content (AvgIpc) is 2.59.